The Hall–Kier alpha value is -3.08. The van der Waals surface area contributed by atoms with Gasteiger partial charge in [0.1, 0.15) is 11.7 Å². The maximum Gasteiger partial charge on any atom is 0.268 e. The number of hydrogen-bond donors (Lipinski definition) is 3. The molecular weight excluding hydrogens is 302 g/mol. The number of carbonyl (C=O) groups excluding carboxylic acids is 2. The highest BCUT2D eigenvalue weighted by Crippen LogP contribution is 2.23. The summed E-state index contributed by atoms with van der Waals surface area (Å²) in [7, 11) is 0. The van der Waals surface area contributed by atoms with E-state index in [2.05, 4.69) is 15.6 Å². The van der Waals surface area contributed by atoms with Crippen molar-refractivity contribution in [1.29, 1.82) is 0 Å². The van der Waals surface area contributed by atoms with Gasteiger partial charge < -0.3 is 15.6 Å². The molecule has 4 rings (SSSR count). The van der Waals surface area contributed by atoms with Gasteiger partial charge in [-0.2, -0.15) is 0 Å². The zero-order valence-corrected chi connectivity index (χ0v) is 13.2. The highest BCUT2D eigenvalue weighted by atomic mass is 16.2. The van der Waals surface area contributed by atoms with Crippen molar-refractivity contribution >= 4 is 28.4 Å². The maximum atomic E-state index is 12.5. The Morgan fingerprint density at radius 2 is 2.00 bits per heavy atom. The Balaban J connectivity index is 1.57. The Morgan fingerprint density at radius 1 is 1.17 bits per heavy atom. The van der Waals surface area contributed by atoms with Gasteiger partial charge in [-0.25, -0.2) is 0 Å². The topological polar surface area (TPSA) is 74.0 Å². The molecule has 0 bridgehead atoms. The van der Waals surface area contributed by atoms with Crippen LogP contribution >= 0.6 is 0 Å². The smallest absolute Gasteiger partial charge is 0.268 e. The molecule has 1 aliphatic rings. The molecule has 5 nitrogen and oxygen atoms in total. The van der Waals surface area contributed by atoms with E-state index in [0.717, 1.165) is 27.7 Å². The lowest BCUT2D eigenvalue weighted by atomic mass is 9.99. The zero-order valence-electron chi connectivity index (χ0n) is 13.2. The van der Waals surface area contributed by atoms with E-state index in [1.807, 2.05) is 55.5 Å². The first-order valence-electron chi connectivity index (χ1n) is 7.90. The molecule has 0 aliphatic carbocycles. The summed E-state index contributed by atoms with van der Waals surface area (Å²) in [5.41, 5.74) is 4.33. The van der Waals surface area contributed by atoms with E-state index >= 15 is 0 Å². The van der Waals surface area contributed by atoms with Crippen LogP contribution in [0.4, 0.5) is 5.69 Å². The SMILES string of the molecule is Cc1cccc2cc(C(=O)NC3Cc4ccccc4NC3=O)[nH]c12. The number of aromatic nitrogens is 1. The van der Waals surface area contributed by atoms with E-state index < -0.39 is 6.04 Å². The molecule has 1 unspecified atom stereocenters. The molecule has 1 aliphatic heterocycles. The number of nitrogens with one attached hydrogen (secondary N) is 3. The predicted molar refractivity (Wildman–Crippen MR) is 93.1 cm³/mol. The Kier molecular flexibility index (Phi) is 3.34. The van der Waals surface area contributed by atoms with Crippen molar-refractivity contribution in [3.8, 4) is 0 Å². The molecule has 3 N–H and O–H groups in total. The molecule has 120 valence electrons. The molecule has 1 atom stereocenters. The number of benzene rings is 2. The zero-order chi connectivity index (χ0) is 16.7. The number of amides is 2. The summed E-state index contributed by atoms with van der Waals surface area (Å²) in [6.45, 7) is 1.99. The molecule has 3 aromatic rings. The summed E-state index contributed by atoms with van der Waals surface area (Å²) in [4.78, 5) is 27.9. The maximum absolute atomic E-state index is 12.5. The van der Waals surface area contributed by atoms with E-state index in [4.69, 9.17) is 0 Å². The second kappa shape index (κ2) is 5.53. The van der Waals surface area contributed by atoms with Gasteiger partial charge in [-0.3, -0.25) is 9.59 Å². The Bertz CT molecular complexity index is 958. The molecule has 0 radical (unpaired) electrons. The Labute approximate surface area is 139 Å². The average molecular weight is 319 g/mol. The molecular formula is C19H17N3O2. The molecule has 0 spiro atoms. The van der Waals surface area contributed by atoms with Crippen molar-refractivity contribution in [2.45, 2.75) is 19.4 Å². The molecule has 2 heterocycles. The number of aromatic amines is 1. The first-order chi connectivity index (χ1) is 11.6. The third kappa shape index (κ3) is 2.44. The van der Waals surface area contributed by atoms with E-state index in [9.17, 15) is 9.59 Å². The number of rotatable bonds is 2. The lowest BCUT2D eigenvalue weighted by molar-refractivity contribution is -0.118. The molecule has 24 heavy (non-hydrogen) atoms. The number of H-pyrrole nitrogens is 1. The number of fused-ring (bicyclic) bond motifs is 2. The number of carbonyl (C=O) groups is 2. The third-order valence-corrected chi connectivity index (χ3v) is 4.43. The third-order valence-electron chi connectivity index (χ3n) is 4.43. The van der Waals surface area contributed by atoms with Crippen molar-refractivity contribution in [3.63, 3.8) is 0 Å². The van der Waals surface area contributed by atoms with Crippen LogP contribution in [0.1, 0.15) is 21.6 Å². The van der Waals surface area contributed by atoms with Crippen LogP contribution in [0.3, 0.4) is 0 Å². The fourth-order valence-corrected chi connectivity index (χ4v) is 3.14. The number of aryl methyl sites for hydroxylation is 1. The summed E-state index contributed by atoms with van der Waals surface area (Å²) < 4.78 is 0. The van der Waals surface area contributed by atoms with Gasteiger partial charge in [-0.05, 0) is 30.2 Å². The monoisotopic (exact) mass is 319 g/mol. The van der Waals surface area contributed by atoms with Gasteiger partial charge in [0.2, 0.25) is 5.91 Å². The fraction of sp³-hybridized carbons (Fsp3) is 0.158. The molecule has 0 saturated heterocycles. The van der Waals surface area contributed by atoms with E-state index in [1.54, 1.807) is 0 Å². The van der Waals surface area contributed by atoms with Crippen LogP contribution in [0.5, 0.6) is 0 Å². The molecule has 1 aromatic heterocycles. The van der Waals surface area contributed by atoms with Gasteiger partial charge in [-0.15, -0.1) is 0 Å². The standard InChI is InChI=1S/C19H17N3O2/c1-11-5-4-7-13-10-15(20-17(11)13)18(23)22-16-9-12-6-2-3-8-14(12)21-19(16)24/h2-8,10,16,20H,9H2,1H3,(H,21,24)(H,22,23). The van der Waals surface area contributed by atoms with Crippen molar-refractivity contribution in [2.24, 2.45) is 0 Å². The van der Waals surface area contributed by atoms with Crippen LogP contribution < -0.4 is 10.6 Å². The Morgan fingerprint density at radius 3 is 2.83 bits per heavy atom. The second-order valence-electron chi connectivity index (χ2n) is 6.10. The number of hydrogen-bond acceptors (Lipinski definition) is 2. The molecule has 0 saturated carbocycles. The van der Waals surface area contributed by atoms with E-state index in [1.165, 1.54) is 0 Å². The minimum absolute atomic E-state index is 0.186. The van der Waals surface area contributed by atoms with Gasteiger partial charge in [0.15, 0.2) is 0 Å². The van der Waals surface area contributed by atoms with Gasteiger partial charge in [-0.1, -0.05) is 36.4 Å². The first kappa shape index (κ1) is 14.5. The lowest BCUT2D eigenvalue weighted by Gasteiger charge is -2.25. The number of para-hydroxylation sites is 2. The molecule has 2 amide bonds. The van der Waals surface area contributed by atoms with Gasteiger partial charge in [0.25, 0.3) is 5.91 Å². The van der Waals surface area contributed by atoms with Crippen LogP contribution in [0, 0.1) is 6.92 Å². The fourth-order valence-electron chi connectivity index (χ4n) is 3.14. The second-order valence-corrected chi connectivity index (χ2v) is 6.10. The first-order valence-corrected chi connectivity index (χ1v) is 7.90. The lowest BCUT2D eigenvalue weighted by Crippen LogP contribution is -2.47. The average Bonchev–Trinajstić information content (AvgIpc) is 3.01. The van der Waals surface area contributed by atoms with Crippen LogP contribution in [0.15, 0.2) is 48.5 Å². The summed E-state index contributed by atoms with van der Waals surface area (Å²) in [5.74, 6) is -0.459. The molecule has 0 fully saturated rings. The van der Waals surface area contributed by atoms with Crippen LogP contribution in [0.25, 0.3) is 10.9 Å². The summed E-state index contributed by atoms with van der Waals surface area (Å²) in [6, 6.07) is 14.8. The molecule has 2 aromatic carbocycles. The van der Waals surface area contributed by atoms with Crippen LogP contribution in [-0.2, 0) is 11.2 Å². The van der Waals surface area contributed by atoms with Crippen molar-refractivity contribution in [3.05, 3.63) is 65.4 Å². The van der Waals surface area contributed by atoms with Crippen LogP contribution in [-0.4, -0.2) is 22.8 Å². The number of anilines is 1. The van der Waals surface area contributed by atoms with Crippen LogP contribution in [0.2, 0.25) is 0 Å². The normalized spacial score (nSPS) is 16.5. The summed E-state index contributed by atoms with van der Waals surface area (Å²) in [5, 5.41) is 6.65. The van der Waals surface area contributed by atoms with Crippen molar-refractivity contribution in [1.82, 2.24) is 10.3 Å². The summed E-state index contributed by atoms with van der Waals surface area (Å²) >= 11 is 0. The van der Waals surface area contributed by atoms with Crippen molar-refractivity contribution < 1.29 is 9.59 Å². The van der Waals surface area contributed by atoms with E-state index in [0.29, 0.717) is 12.1 Å². The highest BCUT2D eigenvalue weighted by Gasteiger charge is 2.27. The van der Waals surface area contributed by atoms with Gasteiger partial charge in [0.05, 0.1) is 0 Å². The molecule has 5 heteroatoms. The van der Waals surface area contributed by atoms with Gasteiger partial charge >= 0.3 is 0 Å². The summed E-state index contributed by atoms with van der Waals surface area (Å²) in [6.07, 6.45) is 0.493. The van der Waals surface area contributed by atoms with E-state index in [-0.39, 0.29) is 11.8 Å². The minimum Gasteiger partial charge on any atom is -0.350 e. The highest BCUT2D eigenvalue weighted by molar-refractivity contribution is 6.04. The van der Waals surface area contributed by atoms with Crippen molar-refractivity contribution in [2.75, 3.05) is 5.32 Å². The predicted octanol–water partition coefficient (Wildman–Crippen LogP) is 2.77. The largest absolute Gasteiger partial charge is 0.350 e. The minimum atomic E-state index is -0.570. The quantitative estimate of drug-likeness (QED) is 0.679. The van der Waals surface area contributed by atoms with Gasteiger partial charge in [0, 0.05) is 23.0 Å².